The van der Waals surface area contributed by atoms with Gasteiger partial charge in [0, 0.05) is 51.0 Å². The second-order valence-corrected chi connectivity index (χ2v) is 26.2. The molecule has 0 amide bonds. The van der Waals surface area contributed by atoms with E-state index in [9.17, 15) is 0 Å². The predicted octanol–water partition coefficient (Wildman–Crippen LogP) is 12.7. The zero-order valence-corrected chi connectivity index (χ0v) is 52.0. The fourth-order valence-corrected chi connectivity index (χ4v) is 17.8. The van der Waals surface area contributed by atoms with E-state index in [1.54, 1.807) is 0 Å². The van der Waals surface area contributed by atoms with Gasteiger partial charge < -0.3 is 19.6 Å². The molecule has 4 nitrogen and oxygen atoms in total. The number of benzene rings is 8. The van der Waals surface area contributed by atoms with Crippen molar-refractivity contribution in [2.24, 2.45) is 0 Å². The van der Waals surface area contributed by atoms with Gasteiger partial charge in [-0.3, -0.25) is 0 Å². The van der Waals surface area contributed by atoms with Crippen LogP contribution in [0.15, 0.2) is 267 Å². The van der Waals surface area contributed by atoms with Crippen LogP contribution in [0, 0.1) is 13.3 Å². The number of halogens is 3. The van der Waals surface area contributed by atoms with Crippen LogP contribution in [-0.2, 0) is 60.0 Å². The SMILES string of the molecule is [C]1N(CCP(c2ccccc2)c2ccccc2)C=CN1CCP(c1ccccc1)c1ccccc1.[C]1N(CCP(c2ccccc2)c2ccccc2)C=CN1CCP(c1ccccc1)c1ccccc1.[Cl][Ag].[Cl][Ag].[Cl][Ag]. The van der Waals surface area contributed by atoms with Crippen LogP contribution in [0.4, 0.5) is 0 Å². The summed E-state index contributed by atoms with van der Waals surface area (Å²) in [5, 5.41) is 11.5. The van der Waals surface area contributed by atoms with E-state index in [4.69, 9.17) is 0 Å². The standard InChI is InChI=1S/2C31H30N2P2.3Ag.3ClH/c2*1-5-13-28(14-6-1)34(29-15-7-2-8-16-29)25-23-32-21-22-33(27-32)24-26-35(30-17-9-3-10-18-30)31-19-11-4-12-20-31;;;;;;/h2*1-22H,23-26H2;;;;3*1H/q;;3*+1;;;/p-3. The fraction of sp³-hybridized carbons (Fsp3) is 0.129. The summed E-state index contributed by atoms with van der Waals surface area (Å²) in [5.74, 6) is 0. The van der Waals surface area contributed by atoms with Crippen molar-refractivity contribution in [3.63, 3.8) is 0 Å². The minimum absolute atomic E-state index is 0.391. The first kappa shape index (κ1) is 62.4. The first-order chi connectivity index (χ1) is 37.7. The van der Waals surface area contributed by atoms with Crippen LogP contribution in [0.25, 0.3) is 0 Å². The van der Waals surface area contributed by atoms with Gasteiger partial charge in [-0.1, -0.05) is 243 Å². The molecule has 76 heavy (non-hydrogen) atoms. The Morgan fingerprint density at radius 3 is 0.500 bits per heavy atom. The third-order valence-electron chi connectivity index (χ3n) is 12.2. The Morgan fingerprint density at radius 2 is 0.368 bits per heavy atom. The second kappa shape index (κ2) is 37.2. The van der Waals surface area contributed by atoms with Crippen LogP contribution in [0.3, 0.4) is 0 Å². The van der Waals surface area contributed by atoms with Crippen LogP contribution in [-0.4, -0.2) is 70.4 Å². The van der Waals surface area contributed by atoms with E-state index >= 15 is 0 Å². The van der Waals surface area contributed by atoms with E-state index in [0.717, 1.165) is 50.8 Å². The fourth-order valence-electron chi connectivity index (χ4n) is 8.61. The van der Waals surface area contributed by atoms with Gasteiger partial charge >= 0.3 is 87.5 Å². The summed E-state index contributed by atoms with van der Waals surface area (Å²) in [6.07, 6.45) is 13.1. The normalized spacial score (nSPS) is 12.4. The van der Waals surface area contributed by atoms with Gasteiger partial charge in [-0.15, -0.1) is 0 Å². The van der Waals surface area contributed by atoms with Crippen LogP contribution < -0.4 is 42.4 Å². The van der Waals surface area contributed by atoms with Crippen LogP contribution in [0.1, 0.15) is 0 Å². The molecular weight excluding hydrogens is 1350 g/mol. The molecule has 0 bridgehead atoms. The van der Waals surface area contributed by atoms with Gasteiger partial charge in [-0.05, 0) is 98.8 Å². The molecule has 0 saturated carbocycles. The van der Waals surface area contributed by atoms with E-state index in [1.807, 2.05) is 0 Å². The molecule has 0 N–H and O–H groups in total. The number of nitrogens with zero attached hydrogens (tertiary/aromatic N) is 4. The van der Waals surface area contributed by atoms with Crippen molar-refractivity contribution >= 4 is 102 Å². The Morgan fingerprint density at radius 1 is 0.237 bits per heavy atom. The van der Waals surface area contributed by atoms with Crippen LogP contribution >= 0.6 is 59.3 Å². The monoisotopic (exact) mass is 1410 g/mol. The summed E-state index contributed by atoms with van der Waals surface area (Å²) in [7, 11) is 11.8. The molecule has 4 radical (unpaired) electrons. The molecule has 8 aromatic carbocycles. The Labute approximate surface area is 507 Å². The van der Waals surface area contributed by atoms with E-state index in [-0.39, 0.29) is 0 Å². The average Bonchev–Trinajstić information content (AvgIpc) is 4.19. The zero-order chi connectivity index (χ0) is 53.4. The number of rotatable bonds is 20. The second-order valence-electron chi connectivity index (χ2n) is 16.9. The molecule has 10 rings (SSSR count). The maximum absolute atomic E-state index is 4.45. The molecule has 2 heterocycles. The Balaban J connectivity index is 0.000000225. The third kappa shape index (κ3) is 20.4. The first-order valence-corrected chi connectivity index (χ1v) is 36.4. The van der Waals surface area contributed by atoms with Crippen molar-refractivity contribution in [3.05, 3.63) is 281 Å². The molecule has 0 fully saturated rings. The van der Waals surface area contributed by atoms with Crippen molar-refractivity contribution in [1.82, 2.24) is 19.6 Å². The van der Waals surface area contributed by atoms with E-state index in [0.29, 0.717) is 0 Å². The van der Waals surface area contributed by atoms with Crippen molar-refractivity contribution in [3.8, 4) is 0 Å². The summed E-state index contributed by atoms with van der Waals surface area (Å²) in [4.78, 5) is 8.92. The summed E-state index contributed by atoms with van der Waals surface area (Å²) in [6, 6.07) is 87.6. The molecule has 0 atom stereocenters. The van der Waals surface area contributed by atoms with Gasteiger partial charge in [0.1, 0.15) is 0 Å². The topological polar surface area (TPSA) is 13.0 Å². The Kier molecular flexibility index (Phi) is 30.6. The van der Waals surface area contributed by atoms with Gasteiger partial charge in [0.2, 0.25) is 13.3 Å². The first-order valence-electron chi connectivity index (χ1n) is 24.5. The van der Waals surface area contributed by atoms with Crippen LogP contribution in [0.5, 0.6) is 0 Å². The molecule has 0 aromatic heterocycles. The van der Waals surface area contributed by atoms with Crippen LogP contribution in [0.2, 0.25) is 0 Å². The average molecular weight is 1420 g/mol. The van der Waals surface area contributed by atoms with Crippen molar-refractivity contribution in [1.29, 1.82) is 0 Å². The van der Waals surface area contributed by atoms with Gasteiger partial charge in [-0.2, -0.15) is 0 Å². The third-order valence-corrected chi connectivity index (χ3v) is 22.1. The summed E-state index contributed by atoms with van der Waals surface area (Å²) in [5.41, 5.74) is 0. The van der Waals surface area contributed by atoms with Gasteiger partial charge in [0.15, 0.2) is 0 Å². The van der Waals surface area contributed by atoms with Gasteiger partial charge in [-0.25, -0.2) is 0 Å². The molecule has 0 aliphatic carbocycles. The maximum atomic E-state index is 4.45. The van der Waals surface area contributed by atoms with Crippen molar-refractivity contribution < 1.29 is 60.0 Å². The molecular formula is C62H60Ag3Cl3N4P4. The molecule has 0 spiro atoms. The van der Waals surface area contributed by atoms with Gasteiger partial charge in [0.05, 0.1) is 0 Å². The number of hydrogen-bond donors (Lipinski definition) is 0. The molecule has 402 valence electrons. The van der Waals surface area contributed by atoms with E-state index in [1.165, 1.54) is 42.4 Å². The summed E-state index contributed by atoms with van der Waals surface area (Å²) in [6.45, 7) is 11.0. The molecule has 8 aromatic rings. The minimum atomic E-state index is -0.391. The molecule has 14 heteroatoms. The molecule has 0 unspecified atom stereocenters. The molecule has 0 saturated heterocycles. The Hall–Kier alpha value is -2.75. The predicted molar refractivity (Wildman–Crippen MR) is 325 cm³/mol. The molecule has 2 aliphatic rings. The number of hydrogen-bond acceptors (Lipinski definition) is 4. The van der Waals surface area contributed by atoms with Crippen molar-refractivity contribution in [2.45, 2.75) is 0 Å². The van der Waals surface area contributed by atoms with E-state index < -0.39 is 31.7 Å². The quantitative estimate of drug-likeness (QED) is 0.0557. The Bertz CT molecular complexity index is 2250. The summed E-state index contributed by atoms with van der Waals surface area (Å²) < 4.78 is 0. The molecule has 2 aliphatic heterocycles. The zero-order valence-electron chi connectivity index (χ0n) is 41.7. The van der Waals surface area contributed by atoms with E-state index in [2.05, 4.69) is 388 Å². The van der Waals surface area contributed by atoms with Crippen molar-refractivity contribution in [2.75, 3.05) is 50.8 Å². The summed E-state index contributed by atoms with van der Waals surface area (Å²) >= 11 is 7.27. The van der Waals surface area contributed by atoms with Gasteiger partial charge in [0.25, 0.3) is 0 Å².